The van der Waals surface area contributed by atoms with Gasteiger partial charge in [0, 0.05) is 76.1 Å². The van der Waals surface area contributed by atoms with Gasteiger partial charge in [0.05, 0.1) is 6.04 Å². The van der Waals surface area contributed by atoms with Crippen molar-refractivity contribution < 1.29 is 38.3 Å². The number of likely N-dealkylation sites (tertiary alicyclic amines) is 1. The molecule has 16 heteroatoms. The summed E-state index contributed by atoms with van der Waals surface area (Å²) in [6, 6.07) is 7.70. The molecule has 0 radical (unpaired) electrons. The molecule has 1 saturated heterocycles. The van der Waals surface area contributed by atoms with Crippen LogP contribution in [-0.2, 0) is 39.9 Å². The minimum absolute atomic E-state index is 0.0662. The zero-order chi connectivity index (χ0) is 45.9. The molecule has 0 aliphatic carbocycles. The Morgan fingerprint density at radius 1 is 0.935 bits per heavy atom. The van der Waals surface area contributed by atoms with Gasteiger partial charge in [-0.05, 0) is 56.7 Å². The molecule has 7 atom stereocenters. The van der Waals surface area contributed by atoms with Gasteiger partial charge in [0.15, 0.2) is 6.10 Å². The Morgan fingerprint density at radius 3 is 2.26 bits per heavy atom. The van der Waals surface area contributed by atoms with Crippen molar-refractivity contribution in [2.45, 2.75) is 143 Å². The molecule has 15 nitrogen and oxygen atoms in total. The number of thiazole rings is 1. The molecule has 4 N–H and O–H groups in total. The standard InChI is InChI=1S/C46H71N7O8S/c1-10-30(5)41(51-44(59)37-19-15-16-24-52(37)8)46(60)53(9)38(29(3)4)27-39(61-32(7)54)45-50-36(28-62-45)43(58)49-34(26-33-17-13-12-14-18-33)25-31(6)42(57)48-23-21-40(56)47-22-20-35(55)11-2/h12-14,17-18,28-31,34,37-39,41H,10-11,15-16,19-27H2,1-9H3,(H,47,56)(H,48,57)(H,49,58)(H,51,59)/t30?,31-,34+,37+,38+,39+,41-/m0/s1. The van der Waals surface area contributed by atoms with Gasteiger partial charge in [-0.1, -0.05) is 84.7 Å². The molecule has 0 spiro atoms. The van der Waals surface area contributed by atoms with Crippen molar-refractivity contribution in [2.75, 3.05) is 33.7 Å². The highest BCUT2D eigenvalue weighted by molar-refractivity contribution is 7.09. The average Bonchev–Trinajstić information content (AvgIpc) is 3.74. The minimum atomic E-state index is -0.862. The molecule has 1 fully saturated rings. The first-order chi connectivity index (χ1) is 29.4. The van der Waals surface area contributed by atoms with Gasteiger partial charge in [-0.15, -0.1) is 11.3 Å². The van der Waals surface area contributed by atoms with E-state index >= 15 is 0 Å². The number of aromatic nitrogens is 1. The van der Waals surface area contributed by atoms with E-state index in [0.717, 1.165) is 31.4 Å². The Morgan fingerprint density at radius 2 is 1.63 bits per heavy atom. The van der Waals surface area contributed by atoms with Crippen LogP contribution >= 0.6 is 11.3 Å². The lowest BCUT2D eigenvalue weighted by Gasteiger charge is -2.38. The number of amides is 5. The molecule has 5 amide bonds. The van der Waals surface area contributed by atoms with E-state index in [4.69, 9.17) is 4.74 Å². The van der Waals surface area contributed by atoms with E-state index in [1.807, 2.05) is 70.0 Å². The van der Waals surface area contributed by atoms with E-state index in [2.05, 4.69) is 26.3 Å². The lowest BCUT2D eigenvalue weighted by atomic mass is 9.92. The maximum absolute atomic E-state index is 14.3. The van der Waals surface area contributed by atoms with Crippen molar-refractivity contribution in [1.82, 2.24) is 36.1 Å². The van der Waals surface area contributed by atoms with Gasteiger partial charge >= 0.3 is 5.97 Å². The smallest absolute Gasteiger partial charge is 0.303 e. The third-order valence-electron chi connectivity index (χ3n) is 11.8. The normalized spacial score (nSPS) is 17.1. The van der Waals surface area contributed by atoms with Gasteiger partial charge in [0.25, 0.3) is 5.91 Å². The predicted molar refractivity (Wildman–Crippen MR) is 240 cm³/mol. The number of benzene rings is 1. The van der Waals surface area contributed by atoms with Crippen LogP contribution in [0.5, 0.6) is 0 Å². The van der Waals surface area contributed by atoms with Gasteiger partial charge in [-0.2, -0.15) is 0 Å². The summed E-state index contributed by atoms with van der Waals surface area (Å²) in [6.07, 6.45) is 4.27. The first-order valence-electron chi connectivity index (χ1n) is 22.3. The molecule has 2 heterocycles. The van der Waals surface area contributed by atoms with Crippen LogP contribution in [0.2, 0.25) is 0 Å². The molecule has 2 aromatic rings. The summed E-state index contributed by atoms with van der Waals surface area (Å²) in [5.41, 5.74) is 1.09. The highest BCUT2D eigenvalue weighted by Gasteiger charge is 2.37. The van der Waals surface area contributed by atoms with Gasteiger partial charge in [0.2, 0.25) is 23.6 Å². The fourth-order valence-corrected chi connectivity index (χ4v) is 8.56. The number of nitrogens with one attached hydrogen (secondary N) is 4. The maximum Gasteiger partial charge on any atom is 0.303 e. The summed E-state index contributed by atoms with van der Waals surface area (Å²) < 4.78 is 5.83. The lowest BCUT2D eigenvalue weighted by Crippen LogP contribution is -2.58. The third kappa shape index (κ3) is 16.5. The van der Waals surface area contributed by atoms with Gasteiger partial charge < -0.3 is 30.9 Å². The molecule has 1 aromatic carbocycles. The van der Waals surface area contributed by atoms with E-state index in [9.17, 15) is 33.6 Å². The summed E-state index contributed by atoms with van der Waals surface area (Å²) in [4.78, 5) is 99.3. The third-order valence-corrected chi connectivity index (χ3v) is 12.7. The van der Waals surface area contributed by atoms with Gasteiger partial charge in [-0.25, -0.2) is 4.98 Å². The van der Waals surface area contributed by atoms with Crippen molar-refractivity contribution in [3.8, 4) is 0 Å². The van der Waals surface area contributed by atoms with Crippen LogP contribution in [0, 0.1) is 17.8 Å². The first-order valence-corrected chi connectivity index (χ1v) is 23.1. The number of Topliss-reactive ketones (excluding diaryl/α,β-unsaturated/α-hetero) is 1. The molecule has 0 saturated carbocycles. The highest BCUT2D eigenvalue weighted by Crippen LogP contribution is 2.31. The molecule has 1 aliphatic heterocycles. The summed E-state index contributed by atoms with van der Waals surface area (Å²) in [6.45, 7) is 14.0. The molecule has 1 aliphatic rings. The number of carbonyl (C=O) groups excluding carboxylic acids is 7. The quantitative estimate of drug-likeness (QED) is 0.0987. The van der Waals surface area contributed by atoms with Crippen LogP contribution in [0.25, 0.3) is 0 Å². The van der Waals surface area contributed by atoms with Crippen molar-refractivity contribution in [3.05, 3.63) is 52.0 Å². The molecule has 344 valence electrons. The Hall–Kier alpha value is -4.70. The van der Waals surface area contributed by atoms with E-state index in [-0.39, 0.29) is 85.3 Å². The number of likely N-dealkylation sites (N-methyl/N-ethyl adjacent to an activating group) is 2. The van der Waals surface area contributed by atoms with Gasteiger partial charge in [-0.3, -0.25) is 38.5 Å². The van der Waals surface area contributed by atoms with E-state index in [0.29, 0.717) is 30.7 Å². The number of ketones is 1. The largest absolute Gasteiger partial charge is 0.455 e. The monoisotopic (exact) mass is 882 g/mol. The van der Waals surface area contributed by atoms with Gasteiger partial charge in [0.1, 0.15) is 22.5 Å². The number of hydrogen-bond donors (Lipinski definition) is 4. The highest BCUT2D eigenvalue weighted by atomic mass is 32.1. The van der Waals surface area contributed by atoms with Crippen LogP contribution in [0.15, 0.2) is 35.7 Å². The summed E-state index contributed by atoms with van der Waals surface area (Å²) in [5, 5.41) is 13.7. The average molecular weight is 882 g/mol. The zero-order valence-electron chi connectivity index (χ0n) is 38.3. The number of ether oxygens (including phenoxy) is 1. The Kier molecular flexibility index (Phi) is 21.7. The Labute approximate surface area is 372 Å². The maximum atomic E-state index is 14.3. The van der Waals surface area contributed by atoms with E-state index in [1.165, 1.54) is 18.3 Å². The number of hydrogen-bond acceptors (Lipinski definition) is 11. The second-order valence-corrected chi connectivity index (χ2v) is 17.9. The summed E-state index contributed by atoms with van der Waals surface area (Å²) in [7, 11) is 3.66. The molecular weight excluding hydrogens is 811 g/mol. The van der Waals surface area contributed by atoms with Crippen molar-refractivity contribution in [3.63, 3.8) is 0 Å². The van der Waals surface area contributed by atoms with E-state index in [1.54, 1.807) is 31.2 Å². The SMILES string of the molecule is CCC(=O)CCNC(=O)CCNC(=O)[C@@H](C)C[C@H](Cc1ccccc1)NC(=O)c1csc([C@@H](C[C@H](C(C)C)N(C)C(=O)[C@@H](NC(=O)[C@H]2CCCCN2C)C(C)CC)OC(C)=O)n1. The molecule has 1 unspecified atom stereocenters. The van der Waals surface area contributed by atoms with Crippen LogP contribution in [0.4, 0.5) is 0 Å². The Bertz CT molecular complexity index is 1790. The van der Waals surface area contributed by atoms with Crippen molar-refractivity contribution in [1.29, 1.82) is 0 Å². The topological polar surface area (TPSA) is 196 Å². The number of nitrogens with zero attached hydrogens (tertiary/aromatic N) is 3. The zero-order valence-corrected chi connectivity index (χ0v) is 39.1. The van der Waals surface area contributed by atoms with E-state index < -0.39 is 42.0 Å². The lowest BCUT2D eigenvalue weighted by molar-refractivity contribution is -0.149. The fraction of sp³-hybridized carbons (Fsp3) is 0.652. The predicted octanol–water partition coefficient (Wildman–Crippen LogP) is 4.99. The molecule has 1 aromatic heterocycles. The van der Waals surface area contributed by atoms with Crippen molar-refractivity contribution >= 4 is 52.6 Å². The number of rotatable bonds is 25. The van der Waals surface area contributed by atoms with Crippen LogP contribution in [0.1, 0.15) is 133 Å². The molecule has 0 bridgehead atoms. The Balaban J connectivity index is 1.74. The number of esters is 1. The second kappa shape index (κ2) is 26.0. The van der Waals surface area contributed by atoms with Crippen LogP contribution in [-0.4, -0.2) is 114 Å². The number of piperidine rings is 1. The minimum Gasteiger partial charge on any atom is -0.455 e. The molecule has 3 rings (SSSR count). The van der Waals surface area contributed by atoms with Crippen molar-refractivity contribution in [2.24, 2.45) is 17.8 Å². The molecular formula is C46H71N7O8S. The second-order valence-electron chi connectivity index (χ2n) is 17.1. The number of carbonyl (C=O) groups is 7. The fourth-order valence-electron chi connectivity index (χ4n) is 7.72. The molecule has 62 heavy (non-hydrogen) atoms. The summed E-state index contributed by atoms with van der Waals surface area (Å²) >= 11 is 1.18. The first kappa shape index (κ1) is 51.6. The summed E-state index contributed by atoms with van der Waals surface area (Å²) in [5.74, 6) is -2.52. The van der Waals surface area contributed by atoms with Crippen LogP contribution < -0.4 is 21.3 Å². The van der Waals surface area contributed by atoms with Crippen LogP contribution in [0.3, 0.4) is 0 Å².